The first kappa shape index (κ1) is 16.9. The molecule has 2 amide bonds. The third-order valence-corrected chi connectivity index (χ3v) is 5.27. The Labute approximate surface area is 154 Å². The van der Waals surface area contributed by atoms with Gasteiger partial charge in [-0.05, 0) is 36.2 Å². The van der Waals surface area contributed by atoms with Gasteiger partial charge in [0.2, 0.25) is 0 Å². The van der Waals surface area contributed by atoms with Gasteiger partial charge >= 0.3 is 6.03 Å². The van der Waals surface area contributed by atoms with Crippen LogP contribution in [0.25, 0.3) is 0 Å². The molecule has 0 bridgehead atoms. The Balaban J connectivity index is 1.16. The maximum Gasteiger partial charge on any atom is 0.321 e. The Kier molecular flexibility index (Phi) is 4.80. The fraction of sp³-hybridized carbons (Fsp3) is 0.381. The third-order valence-electron chi connectivity index (χ3n) is 5.27. The lowest BCUT2D eigenvalue weighted by atomic mass is 10.0. The van der Waals surface area contributed by atoms with E-state index in [9.17, 15) is 4.79 Å². The van der Waals surface area contributed by atoms with Gasteiger partial charge < -0.3 is 20.3 Å². The highest BCUT2D eigenvalue weighted by atomic mass is 16.5. The van der Waals surface area contributed by atoms with Crippen LogP contribution < -0.4 is 15.4 Å². The number of hydrogen-bond donors (Lipinski definition) is 2. The number of hydrogen-bond acceptors (Lipinski definition) is 3. The van der Waals surface area contributed by atoms with Crippen LogP contribution in [-0.2, 0) is 0 Å². The first-order chi connectivity index (χ1) is 12.7. The summed E-state index contributed by atoms with van der Waals surface area (Å²) in [6.07, 6.45) is 1.22. The number of carbonyl (C=O) groups excluding carboxylic acids is 1. The second-order valence-electron chi connectivity index (χ2n) is 7.20. The molecule has 5 nitrogen and oxygen atoms in total. The smallest absolute Gasteiger partial charge is 0.321 e. The summed E-state index contributed by atoms with van der Waals surface area (Å²) in [6, 6.07) is 18.7. The number of methoxy groups -OCH3 is 1. The largest absolute Gasteiger partial charge is 0.497 e. The van der Waals surface area contributed by atoms with Gasteiger partial charge in [-0.25, -0.2) is 4.79 Å². The quantitative estimate of drug-likeness (QED) is 0.840. The van der Waals surface area contributed by atoms with Crippen molar-refractivity contribution in [2.24, 2.45) is 5.92 Å². The van der Waals surface area contributed by atoms with Crippen LogP contribution in [0, 0.1) is 5.92 Å². The summed E-state index contributed by atoms with van der Waals surface area (Å²) < 4.78 is 5.12. The Bertz CT molecular complexity index is 742. The molecule has 1 aliphatic heterocycles. The van der Waals surface area contributed by atoms with Crippen molar-refractivity contribution in [3.05, 3.63) is 60.2 Å². The van der Waals surface area contributed by atoms with Crippen LogP contribution in [0.5, 0.6) is 5.75 Å². The van der Waals surface area contributed by atoms with Crippen molar-refractivity contribution in [3.63, 3.8) is 0 Å². The van der Waals surface area contributed by atoms with Gasteiger partial charge in [-0.3, -0.25) is 0 Å². The standard InChI is InChI=1S/C21H25N3O2/c1-26-18-9-7-17(8-10-18)23-21(25)24-13-15(14-24)12-22-20-11-19(20)16-5-3-2-4-6-16/h2-10,15,19-20,22H,11-14H2,1H3,(H,23,25)/t19-,20+/m0/s1. The zero-order valence-electron chi connectivity index (χ0n) is 15.0. The summed E-state index contributed by atoms with van der Waals surface area (Å²) >= 11 is 0. The first-order valence-corrected chi connectivity index (χ1v) is 9.21. The number of rotatable bonds is 6. The van der Waals surface area contributed by atoms with E-state index in [1.807, 2.05) is 29.2 Å². The number of ether oxygens (including phenoxy) is 1. The monoisotopic (exact) mass is 351 g/mol. The van der Waals surface area contributed by atoms with Crippen molar-refractivity contribution in [1.29, 1.82) is 0 Å². The molecule has 4 rings (SSSR count). The minimum atomic E-state index is -0.0278. The molecule has 5 heteroatoms. The molecule has 1 aliphatic carbocycles. The highest BCUT2D eigenvalue weighted by Crippen LogP contribution is 2.40. The van der Waals surface area contributed by atoms with Crippen LogP contribution in [-0.4, -0.2) is 43.7 Å². The molecule has 1 heterocycles. The number of carbonyl (C=O) groups is 1. The fourth-order valence-electron chi connectivity index (χ4n) is 3.55. The molecule has 1 saturated carbocycles. The molecule has 0 spiro atoms. The number of nitrogens with one attached hydrogen (secondary N) is 2. The van der Waals surface area contributed by atoms with Crippen LogP contribution in [0.15, 0.2) is 54.6 Å². The predicted molar refractivity (Wildman–Crippen MR) is 103 cm³/mol. The van der Waals surface area contributed by atoms with Crippen LogP contribution in [0.2, 0.25) is 0 Å². The second-order valence-corrected chi connectivity index (χ2v) is 7.20. The molecule has 136 valence electrons. The van der Waals surface area contributed by atoms with Crippen molar-refractivity contribution in [1.82, 2.24) is 10.2 Å². The average Bonchev–Trinajstić information content (AvgIpc) is 3.41. The van der Waals surface area contributed by atoms with Gasteiger partial charge in [-0.1, -0.05) is 30.3 Å². The number of urea groups is 1. The Morgan fingerprint density at radius 2 is 1.85 bits per heavy atom. The maximum absolute atomic E-state index is 12.2. The van der Waals surface area contributed by atoms with E-state index in [4.69, 9.17) is 4.74 Å². The molecule has 2 fully saturated rings. The molecule has 2 aromatic rings. The van der Waals surface area contributed by atoms with E-state index in [1.165, 1.54) is 12.0 Å². The van der Waals surface area contributed by atoms with Crippen molar-refractivity contribution >= 4 is 11.7 Å². The molecule has 0 radical (unpaired) electrons. The van der Waals surface area contributed by atoms with Gasteiger partial charge in [0, 0.05) is 43.2 Å². The summed E-state index contributed by atoms with van der Waals surface area (Å²) in [4.78, 5) is 14.1. The van der Waals surface area contributed by atoms with E-state index >= 15 is 0 Å². The summed E-state index contributed by atoms with van der Waals surface area (Å²) in [5.74, 6) is 1.99. The molecular formula is C21H25N3O2. The summed E-state index contributed by atoms with van der Waals surface area (Å²) in [6.45, 7) is 2.62. The van der Waals surface area contributed by atoms with Gasteiger partial charge in [0.25, 0.3) is 0 Å². The molecule has 1 saturated heterocycles. The van der Waals surface area contributed by atoms with Crippen molar-refractivity contribution in [2.45, 2.75) is 18.4 Å². The summed E-state index contributed by atoms with van der Waals surface area (Å²) in [7, 11) is 1.63. The van der Waals surface area contributed by atoms with Crippen LogP contribution >= 0.6 is 0 Å². The molecule has 0 aromatic heterocycles. The van der Waals surface area contributed by atoms with Crippen LogP contribution in [0.1, 0.15) is 17.9 Å². The second kappa shape index (κ2) is 7.38. The number of nitrogens with zero attached hydrogens (tertiary/aromatic N) is 1. The topological polar surface area (TPSA) is 53.6 Å². The molecular weight excluding hydrogens is 326 g/mol. The van der Waals surface area contributed by atoms with E-state index in [2.05, 4.69) is 41.0 Å². The number of benzene rings is 2. The molecule has 2 aromatic carbocycles. The van der Waals surface area contributed by atoms with Gasteiger partial charge in [-0.15, -0.1) is 0 Å². The third kappa shape index (κ3) is 3.83. The van der Waals surface area contributed by atoms with E-state index in [1.54, 1.807) is 7.11 Å². The molecule has 0 unspecified atom stereocenters. The van der Waals surface area contributed by atoms with Crippen LogP contribution in [0.4, 0.5) is 10.5 Å². The predicted octanol–water partition coefficient (Wildman–Crippen LogP) is 3.30. The molecule has 2 aliphatic rings. The minimum absolute atomic E-state index is 0.0278. The Morgan fingerprint density at radius 1 is 1.12 bits per heavy atom. The van der Waals surface area contributed by atoms with Crippen LogP contribution in [0.3, 0.4) is 0 Å². The van der Waals surface area contributed by atoms with E-state index in [-0.39, 0.29) is 6.03 Å². The number of likely N-dealkylation sites (tertiary alicyclic amines) is 1. The van der Waals surface area contributed by atoms with Gasteiger partial charge in [-0.2, -0.15) is 0 Å². The zero-order chi connectivity index (χ0) is 17.9. The highest BCUT2D eigenvalue weighted by molar-refractivity contribution is 5.89. The van der Waals surface area contributed by atoms with Gasteiger partial charge in [0.15, 0.2) is 0 Å². The SMILES string of the molecule is COc1ccc(NC(=O)N2CC(CN[C@@H]3C[C@H]3c3ccccc3)C2)cc1. The number of anilines is 1. The Hall–Kier alpha value is -2.53. The first-order valence-electron chi connectivity index (χ1n) is 9.21. The molecule has 26 heavy (non-hydrogen) atoms. The average molecular weight is 351 g/mol. The normalized spacial score (nSPS) is 21.8. The Morgan fingerprint density at radius 3 is 2.54 bits per heavy atom. The lowest BCUT2D eigenvalue weighted by Gasteiger charge is -2.39. The van der Waals surface area contributed by atoms with Gasteiger partial charge in [0.1, 0.15) is 5.75 Å². The van der Waals surface area contributed by atoms with Crippen molar-refractivity contribution < 1.29 is 9.53 Å². The lowest BCUT2D eigenvalue weighted by Crippen LogP contribution is -2.54. The highest BCUT2D eigenvalue weighted by Gasteiger charge is 2.39. The van der Waals surface area contributed by atoms with E-state index < -0.39 is 0 Å². The zero-order valence-corrected chi connectivity index (χ0v) is 15.0. The van der Waals surface area contributed by atoms with E-state index in [0.29, 0.717) is 17.9 Å². The van der Waals surface area contributed by atoms with Crippen molar-refractivity contribution in [2.75, 3.05) is 32.1 Å². The molecule has 2 N–H and O–H groups in total. The summed E-state index contributed by atoms with van der Waals surface area (Å²) in [5.41, 5.74) is 2.22. The maximum atomic E-state index is 12.2. The van der Waals surface area contributed by atoms with Gasteiger partial charge in [0.05, 0.1) is 7.11 Å². The summed E-state index contributed by atoms with van der Waals surface area (Å²) in [5, 5.41) is 6.59. The van der Waals surface area contributed by atoms with Crippen molar-refractivity contribution in [3.8, 4) is 5.75 Å². The number of amides is 2. The minimum Gasteiger partial charge on any atom is -0.497 e. The molecule has 2 atom stereocenters. The lowest BCUT2D eigenvalue weighted by molar-refractivity contribution is 0.129. The fourth-order valence-corrected chi connectivity index (χ4v) is 3.55. The van der Waals surface area contributed by atoms with E-state index in [0.717, 1.165) is 31.1 Å².